The Morgan fingerprint density at radius 2 is 0.875 bits per heavy atom. The van der Waals surface area contributed by atoms with Crippen LogP contribution in [0.15, 0.2) is 164 Å². The van der Waals surface area contributed by atoms with Crippen molar-refractivity contribution in [3.05, 3.63) is 187 Å². The summed E-state index contributed by atoms with van der Waals surface area (Å²) >= 11 is 0. The average Bonchev–Trinajstić information content (AvgIpc) is 3.48. The highest BCUT2D eigenvalue weighted by Crippen LogP contribution is 2.60. The van der Waals surface area contributed by atoms with Crippen LogP contribution >= 0.6 is 0 Å². The zero-order valence-corrected chi connectivity index (χ0v) is 28.2. The second-order valence-corrected chi connectivity index (χ2v) is 14.0. The molecule has 2 aliphatic rings. The van der Waals surface area contributed by atoms with Crippen molar-refractivity contribution in [3.8, 4) is 22.3 Å². The molecule has 8 rings (SSSR count). The predicted molar refractivity (Wildman–Crippen MR) is 204 cm³/mol. The number of anilines is 5. The van der Waals surface area contributed by atoms with Gasteiger partial charge >= 0.3 is 0 Å². The van der Waals surface area contributed by atoms with E-state index in [4.69, 9.17) is 0 Å². The van der Waals surface area contributed by atoms with E-state index in [-0.39, 0.29) is 10.8 Å². The Kier molecular flexibility index (Phi) is 6.82. The Labute approximate surface area is 284 Å². The van der Waals surface area contributed by atoms with Crippen LogP contribution in [-0.2, 0) is 10.8 Å². The minimum atomic E-state index is -0.202. The van der Waals surface area contributed by atoms with Crippen LogP contribution in [0.2, 0.25) is 0 Å². The van der Waals surface area contributed by atoms with Gasteiger partial charge in [-0.25, -0.2) is 0 Å². The minimum Gasteiger partial charge on any atom is -0.311 e. The zero-order valence-electron chi connectivity index (χ0n) is 28.2. The summed E-state index contributed by atoms with van der Waals surface area (Å²) in [6, 6.07) is 50.4. The molecule has 6 aromatic rings. The van der Waals surface area contributed by atoms with Gasteiger partial charge in [0.15, 0.2) is 0 Å². The Bertz CT molecular complexity index is 2170. The first kappa shape index (κ1) is 29.8. The summed E-state index contributed by atoms with van der Waals surface area (Å²) < 4.78 is 0. The van der Waals surface area contributed by atoms with Gasteiger partial charge in [0.2, 0.25) is 0 Å². The summed E-state index contributed by atoms with van der Waals surface area (Å²) in [7, 11) is 0. The SMILES string of the molecule is C=CC(=C)N(c1ccccc1)c1ccc2c(c1)C(C)(C)c1c-2ccc2c1C(C)(C)c1cc(N(c3ccccc3)c3ccccc3)ccc1-2. The maximum absolute atomic E-state index is 4.35. The fraction of sp³-hybridized carbons (Fsp3) is 0.130. The summed E-state index contributed by atoms with van der Waals surface area (Å²) in [6.07, 6.45) is 1.83. The standard InChI is InChI=1S/C46H40N2/c1-7-31(2)47(32-17-11-8-12-18-32)35-23-25-37-39-27-28-40-38-26-24-36(48(33-19-13-9-14-20-33)34-21-15-10-16-22-34)30-42(38)46(5,6)44(40)43(39)45(3,4)41(37)29-35/h7-30H,1-2H2,3-6H3. The molecule has 48 heavy (non-hydrogen) atoms. The molecule has 0 N–H and O–H groups in total. The van der Waals surface area contributed by atoms with E-state index in [0.717, 1.165) is 28.4 Å². The third kappa shape index (κ3) is 4.40. The smallest absolute Gasteiger partial charge is 0.0465 e. The number of hydrogen-bond donors (Lipinski definition) is 0. The van der Waals surface area contributed by atoms with Crippen molar-refractivity contribution in [2.45, 2.75) is 38.5 Å². The highest BCUT2D eigenvalue weighted by atomic mass is 15.1. The van der Waals surface area contributed by atoms with Gasteiger partial charge in [0, 0.05) is 45.0 Å². The topological polar surface area (TPSA) is 6.48 Å². The van der Waals surface area contributed by atoms with E-state index < -0.39 is 0 Å². The van der Waals surface area contributed by atoms with Gasteiger partial charge < -0.3 is 9.80 Å². The van der Waals surface area contributed by atoms with E-state index >= 15 is 0 Å². The summed E-state index contributed by atoms with van der Waals surface area (Å²) in [6.45, 7) is 18.0. The van der Waals surface area contributed by atoms with Crippen LogP contribution in [0.1, 0.15) is 49.9 Å². The molecule has 0 aliphatic heterocycles. The van der Waals surface area contributed by atoms with Gasteiger partial charge in [-0.05, 0) is 111 Å². The van der Waals surface area contributed by atoms with Crippen molar-refractivity contribution < 1.29 is 0 Å². The molecular formula is C46H40N2. The number of fused-ring (bicyclic) bond motifs is 7. The van der Waals surface area contributed by atoms with E-state index in [9.17, 15) is 0 Å². The van der Waals surface area contributed by atoms with Gasteiger partial charge in [0.05, 0.1) is 0 Å². The minimum absolute atomic E-state index is 0.194. The molecule has 0 fully saturated rings. The van der Waals surface area contributed by atoms with Gasteiger partial charge in [-0.3, -0.25) is 0 Å². The molecule has 0 amide bonds. The Morgan fingerprint density at radius 3 is 1.33 bits per heavy atom. The number of hydrogen-bond acceptors (Lipinski definition) is 2. The van der Waals surface area contributed by atoms with Gasteiger partial charge in [-0.1, -0.05) is 120 Å². The number of allylic oxidation sites excluding steroid dienone is 1. The van der Waals surface area contributed by atoms with Crippen LogP contribution in [0.3, 0.4) is 0 Å². The predicted octanol–water partition coefficient (Wildman–Crippen LogP) is 12.6. The van der Waals surface area contributed by atoms with Gasteiger partial charge in [0.1, 0.15) is 0 Å². The van der Waals surface area contributed by atoms with Crippen LogP contribution in [-0.4, -0.2) is 0 Å². The van der Waals surface area contributed by atoms with Crippen molar-refractivity contribution >= 4 is 28.4 Å². The lowest BCUT2D eigenvalue weighted by molar-refractivity contribution is 0.601. The molecule has 0 saturated carbocycles. The first-order chi connectivity index (χ1) is 23.2. The first-order valence-corrected chi connectivity index (χ1v) is 16.8. The molecule has 0 aromatic heterocycles. The van der Waals surface area contributed by atoms with E-state index in [0.29, 0.717) is 0 Å². The lowest BCUT2D eigenvalue weighted by Gasteiger charge is -2.32. The molecule has 2 nitrogen and oxygen atoms in total. The van der Waals surface area contributed by atoms with Gasteiger partial charge in [-0.2, -0.15) is 0 Å². The van der Waals surface area contributed by atoms with Crippen molar-refractivity contribution in [1.82, 2.24) is 0 Å². The fourth-order valence-corrected chi connectivity index (χ4v) is 8.22. The molecular weight excluding hydrogens is 581 g/mol. The highest BCUT2D eigenvalue weighted by Gasteiger charge is 2.46. The molecule has 0 bridgehead atoms. The van der Waals surface area contributed by atoms with Crippen LogP contribution in [0.25, 0.3) is 22.3 Å². The number of rotatable bonds is 7. The molecule has 6 aromatic carbocycles. The lowest BCUT2D eigenvalue weighted by atomic mass is 9.72. The van der Waals surface area contributed by atoms with Gasteiger partial charge in [0.25, 0.3) is 0 Å². The second-order valence-electron chi connectivity index (χ2n) is 14.0. The third-order valence-electron chi connectivity index (χ3n) is 10.5. The van der Waals surface area contributed by atoms with E-state index in [2.05, 4.69) is 184 Å². The number of para-hydroxylation sites is 3. The maximum Gasteiger partial charge on any atom is 0.0465 e. The monoisotopic (exact) mass is 620 g/mol. The zero-order chi connectivity index (χ0) is 33.2. The summed E-state index contributed by atoms with van der Waals surface area (Å²) in [5.74, 6) is 0. The lowest BCUT2D eigenvalue weighted by Crippen LogP contribution is -2.24. The normalized spacial score (nSPS) is 14.3. The fourth-order valence-electron chi connectivity index (χ4n) is 8.22. The molecule has 0 spiro atoms. The molecule has 0 unspecified atom stereocenters. The van der Waals surface area contributed by atoms with Gasteiger partial charge in [-0.15, -0.1) is 0 Å². The summed E-state index contributed by atoms with van der Waals surface area (Å²) in [5, 5.41) is 0. The maximum atomic E-state index is 4.35. The Morgan fingerprint density at radius 1 is 0.479 bits per heavy atom. The first-order valence-electron chi connectivity index (χ1n) is 16.8. The molecule has 0 atom stereocenters. The molecule has 234 valence electrons. The van der Waals surface area contributed by atoms with Crippen molar-refractivity contribution in [2.24, 2.45) is 0 Å². The molecule has 0 saturated heterocycles. The molecule has 2 aliphatic carbocycles. The van der Waals surface area contributed by atoms with Crippen molar-refractivity contribution in [3.63, 3.8) is 0 Å². The Balaban J connectivity index is 1.25. The molecule has 0 heterocycles. The van der Waals surface area contributed by atoms with Crippen molar-refractivity contribution in [2.75, 3.05) is 9.80 Å². The van der Waals surface area contributed by atoms with Crippen molar-refractivity contribution in [1.29, 1.82) is 0 Å². The second kappa shape index (κ2) is 11.0. The Hall–Kier alpha value is -5.60. The van der Waals surface area contributed by atoms with Crippen LogP contribution in [0.4, 0.5) is 28.4 Å². The van der Waals surface area contributed by atoms with E-state index in [1.165, 1.54) is 50.2 Å². The number of nitrogens with zero attached hydrogens (tertiary/aromatic N) is 2. The number of benzene rings is 6. The summed E-state index contributed by atoms with van der Waals surface area (Å²) in [4.78, 5) is 4.56. The highest BCUT2D eigenvalue weighted by molar-refractivity contribution is 5.93. The van der Waals surface area contributed by atoms with Crippen LogP contribution in [0.5, 0.6) is 0 Å². The van der Waals surface area contributed by atoms with Crippen LogP contribution in [0, 0.1) is 0 Å². The largest absolute Gasteiger partial charge is 0.311 e. The molecule has 0 radical (unpaired) electrons. The molecule has 2 heteroatoms. The quantitative estimate of drug-likeness (QED) is 0.164. The summed E-state index contributed by atoms with van der Waals surface area (Å²) in [5.41, 5.74) is 17.0. The van der Waals surface area contributed by atoms with E-state index in [1.54, 1.807) is 0 Å². The third-order valence-corrected chi connectivity index (χ3v) is 10.5. The average molecular weight is 621 g/mol. The van der Waals surface area contributed by atoms with E-state index in [1.807, 2.05) is 12.1 Å². The van der Waals surface area contributed by atoms with Crippen LogP contribution < -0.4 is 9.80 Å².